The van der Waals surface area contributed by atoms with Crippen molar-refractivity contribution in [1.82, 2.24) is 15.1 Å². The average Bonchev–Trinajstić information content (AvgIpc) is 3.37. The number of carbonyl (C=O) groups excluding carboxylic acids is 1. The van der Waals surface area contributed by atoms with Crippen LogP contribution in [0.5, 0.6) is 5.75 Å². The minimum atomic E-state index is -4.48. The van der Waals surface area contributed by atoms with Crippen molar-refractivity contribution in [3.63, 3.8) is 0 Å². The van der Waals surface area contributed by atoms with E-state index < -0.39 is 17.8 Å². The van der Waals surface area contributed by atoms with Gasteiger partial charge in [0, 0.05) is 28.9 Å². The van der Waals surface area contributed by atoms with Crippen molar-refractivity contribution in [1.29, 1.82) is 5.26 Å². The number of hydrogen-bond donors (Lipinski definition) is 2. The normalized spacial score (nSPS) is 14.1. The second-order valence-electron chi connectivity index (χ2n) is 11.6. The Morgan fingerprint density at radius 3 is 2.43 bits per heavy atom. The van der Waals surface area contributed by atoms with Gasteiger partial charge in [-0.25, -0.2) is 0 Å². The van der Waals surface area contributed by atoms with Gasteiger partial charge >= 0.3 is 6.18 Å². The van der Waals surface area contributed by atoms with E-state index in [4.69, 9.17) is 4.74 Å². The Bertz CT molecular complexity index is 1540. The summed E-state index contributed by atoms with van der Waals surface area (Å²) in [5.41, 5.74) is 1.84. The Morgan fingerprint density at radius 1 is 1.02 bits per heavy atom. The molecule has 1 aliphatic rings. The summed E-state index contributed by atoms with van der Waals surface area (Å²) in [4.78, 5) is 17.6. The van der Waals surface area contributed by atoms with Crippen LogP contribution in [0.25, 0.3) is 0 Å². The molecule has 0 saturated heterocycles. The van der Waals surface area contributed by atoms with Gasteiger partial charge in [-0.1, -0.05) is 40.5 Å². The molecule has 3 aromatic rings. The lowest BCUT2D eigenvalue weighted by molar-refractivity contribution is -0.137. The summed E-state index contributed by atoms with van der Waals surface area (Å²) in [6, 6.07) is 21.5. The SMILES string of the molecule is CCN1CC(Nc2cccc(C(F)(F)F)c2)=C([C@H](NCCCCCN(C)CCCOc2ccc(Br)cc2)c2ccc(C#N)cc2)C1=O. The third-order valence-electron chi connectivity index (χ3n) is 8.05. The number of halogens is 4. The van der Waals surface area contributed by atoms with Gasteiger partial charge in [-0.15, -0.1) is 0 Å². The summed E-state index contributed by atoms with van der Waals surface area (Å²) in [7, 11) is 2.11. The lowest BCUT2D eigenvalue weighted by atomic mass is 9.96. The molecule has 0 bridgehead atoms. The average molecular weight is 713 g/mol. The zero-order chi connectivity index (χ0) is 33.8. The number of ether oxygens (including phenoxy) is 1. The molecule has 1 aliphatic heterocycles. The van der Waals surface area contributed by atoms with Crippen LogP contribution in [0.1, 0.15) is 55.3 Å². The van der Waals surface area contributed by atoms with Gasteiger partial charge in [-0.05, 0) is 106 Å². The van der Waals surface area contributed by atoms with Gasteiger partial charge in [0.25, 0.3) is 5.91 Å². The fourth-order valence-electron chi connectivity index (χ4n) is 5.49. The van der Waals surface area contributed by atoms with Crippen LogP contribution in [0.3, 0.4) is 0 Å². The van der Waals surface area contributed by atoms with Crippen molar-refractivity contribution < 1.29 is 22.7 Å². The van der Waals surface area contributed by atoms with Gasteiger partial charge in [0.2, 0.25) is 0 Å². The lowest BCUT2D eigenvalue weighted by Gasteiger charge is -2.22. The number of hydrogen-bond acceptors (Lipinski definition) is 6. The quantitative estimate of drug-likeness (QED) is 0.139. The molecule has 47 heavy (non-hydrogen) atoms. The van der Waals surface area contributed by atoms with Crippen molar-refractivity contribution in [2.75, 3.05) is 51.7 Å². The number of anilines is 1. The van der Waals surface area contributed by atoms with Gasteiger partial charge in [0.1, 0.15) is 5.75 Å². The number of nitriles is 1. The Morgan fingerprint density at radius 2 is 1.74 bits per heavy atom. The molecule has 0 spiro atoms. The zero-order valence-electron chi connectivity index (χ0n) is 26.7. The van der Waals surface area contributed by atoms with E-state index in [0.717, 1.165) is 66.7 Å². The number of nitrogens with zero attached hydrogens (tertiary/aromatic N) is 3. The van der Waals surface area contributed by atoms with E-state index in [2.05, 4.69) is 44.6 Å². The molecule has 2 N–H and O–H groups in total. The lowest BCUT2D eigenvalue weighted by Crippen LogP contribution is -2.32. The molecular weight excluding hydrogens is 671 g/mol. The molecule has 0 radical (unpaired) electrons. The van der Waals surface area contributed by atoms with Crippen molar-refractivity contribution >= 4 is 27.5 Å². The molecule has 0 unspecified atom stereocenters. The molecule has 0 fully saturated rings. The van der Waals surface area contributed by atoms with Gasteiger partial charge in [-0.2, -0.15) is 18.4 Å². The highest BCUT2D eigenvalue weighted by molar-refractivity contribution is 9.10. The van der Waals surface area contributed by atoms with Gasteiger partial charge in [-0.3, -0.25) is 4.79 Å². The van der Waals surface area contributed by atoms with Crippen LogP contribution in [0.4, 0.5) is 18.9 Å². The first-order chi connectivity index (χ1) is 22.6. The van der Waals surface area contributed by atoms with E-state index in [-0.39, 0.29) is 18.1 Å². The Kier molecular flexibility index (Phi) is 13.3. The molecule has 1 heterocycles. The topological polar surface area (TPSA) is 80.6 Å². The maximum Gasteiger partial charge on any atom is 0.416 e. The van der Waals surface area contributed by atoms with E-state index in [0.29, 0.717) is 36.5 Å². The van der Waals surface area contributed by atoms with Crippen LogP contribution < -0.4 is 15.4 Å². The van der Waals surface area contributed by atoms with Crippen LogP contribution >= 0.6 is 15.9 Å². The van der Waals surface area contributed by atoms with Crippen LogP contribution in [0.2, 0.25) is 0 Å². The van der Waals surface area contributed by atoms with Crippen molar-refractivity contribution in [3.8, 4) is 11.8 Å². The van der Waals surface area contributed by atoms with Gasteiger partial charge < -0.3 is 25.2 Å². The smallest absolute Gasteiger partial charge is 0.416 e. The maximum atomic E-state index is 13.7. The number of benzene rings is 3. The summed E-state index contributed by atoms with van der Waals surface area (Å²) in [6.45, 7) is 5.77. The fraction of sp³-hybridized carbons (Fsp3) is 0.389. The number of alkyl halides is 3. The Hall–Kier alpha value is -3.85. The molecule has 3 aromatic carbocycles. The third kappa shape index (κ3) is 10.6. The molecule has 7 nitrogen and oxygen atoms in total. The van der Waals surface area contributed by atoms with Crippen molar-refractivity contribution in [3.05, 3.63) is 105 Å². The summed E-state index contributed by atoms with van der Waals surface area (Å²) in [5.74, 6) is 0.688. The fourth-order valence-corrected chi connectivity index (χ4v) is 5.75. The standard InChI is InChI=1S/C36H41BrF3N5O2/c1-3-45-25-32(43-30-10-7-9-28(23-30)36(38,39)40)33(35(45)46)34(27-13-11-26(24-41)12-14-27)42-19-5-4-6-20-44(2)21-8-22-47-31-17-15-29(37)16-18-31/h7,9-18,23,34,42-43H,3-6,8,19-22,25H2,1-2H3/t34-/m1/s1. The number of unbranched alkanes of at least 4 members (excludes halogenated alkanes) is 2. The molecule has 4 rings (SSSR count). The number of amides is 1. The van der Waals surface area contributed by atoms with Crippen LogP contribution in [0.15, 0.2) is 88.5 Å². The van der Waals surface area contributed by atoms with Crippen LogP contribution in [-0.4, -0.2) is 62.1 Å². The van der Waals surface area contributed by atoms with Gasteiger partial charge in [0.15, 0.2) is 0 Å². The molecule has 1 atom stereocenters. The van der Waals surface area contributed by atoms with Gasteiger partial charge in [0.05, 0.1) is 42.0 Å². The molecule has 0 aromatic heterocycles. The van der Waals surface area contributed by atoms with Crippen LogP contribution in [-0.2, 0) is 11.0 Å². The highest BCUT2D eigenvalue weighted by Gasteiger charge is 2.36. The van der Waals surface area contributed by atoms with E-state index >= 15 is 0 Å². The zero-order valence-corrected chi connectivity index (χ0v) is 28.3. The number of likely N-dealkylation sites (N-methyl/N-ethyl adjacent to an activating group) is 1. The molecule has 0 saturated carbocycles. The summed E-state index contributed by atoms with van der Waals surface area (Å²) in [6.07, 6.45) is -0.680. The van der Waals surface area contributed by atoms with Crippen molar-refractivity contribution in [2.45, 2.75) is 44.8 Å². The number of carbonyl (C=O) groups is 1. The monoisotopic (exact) mass is 711 g/mol. The first-order valence-electron chi connectivity index (χ1n) is 15.9. The highest BCUT2D eigenvalue weighted by atomic mass is 79.9. The minimum Gasteiger partial charge on any atom is -0.494 e. The van der Waals surface area contributed by atoms with E-state index in [1.807, 2.05) is 43.3 Å². The predicted molar refractivity (Wildman–Crippen MR) is 182 cm³/mol. The maximum absolute atomic E-state index is 13.7. The summed E-state index contributed by atoms with van der Waals surface area (Å²) < 4.78 is 47.1. The first kappa shape index (κ1) is 36.0. The summed E-state index contributed by atoms with van der Waals surface area (Å²) >= 11 is 3.43. The first-order valence-corrected chi connectivity index (χ1v) is 16.6. The molecule has 11 heteroatoms. The highest BCUT2D eigenvalue weighted by Crippen LogP contribution is 2.34. The second-order valence-corrected chi connectivity index (χ2v) is 12.5. The van der Waals surface area contributed by atoms with E-state index in [1.165, 1.54) is 6.07 Å². The number of nitrogens with one attached hydrogen (secondary N) is 2. The van der Waals surface area contributed by atoms with E-state index in [9.17, 15) is 23.2 Å². The third-order valence-corrected chi connectivity index (χ3v) is 8.58. The largest absolute Gasteiger partial charge is 0.494 e. The Balaban J connectivity index is 1.37. The molecule has 0 aliphatic carbocycles. The van der Waals surface area contributed by atoms with Crippen LogP contribution in [0, 0.1) is 11.3 Å². The molecular formula is C36H41BrF3N5O2. The number of rotatable bonds is 17. The van der Waals surface area contributed by atoms with E-state index in [1.54, 1.807) is 23.1 Å². The summed E-state index contributed by atoms with van der Waals surface area (Å²) in [5, 5.41) is 16.0. The predicted octanol–water partition coefficient (Wildman–Crippen LogP) is 7.77. The van der Waals surface area contributed by atoms with Crippen molar-refractivity contribution in [2.24, 2.45) is 0 Å². The molecule has 1 amide bonds. The minimum absolute atomic E-state index is 0.172. The second kappa shape index (κ2) is 17.3. The Labute approximate surface area is 283 Å². The molecule has 250 valence electrons.